The minimum absolute atomic E-state index is 0.415. The lowest BCUT2D eigenvalue weighted by Crippen LogP contribution is -2.39. The van der Waals surface area contributed by atoms with Crippen LogP contribution in [-0.4, -0.2) is 12.6 Å². The summed E-state index contributed by atoms with van der Waals surface area (Å²) >= 11 is 0. The van der Waals surface area contributed by atoms with Crippen molar-refractivity contribution in [3.63, 3.8) is 0 Å². The van der Waals surface area contributed by atoms with E-state index in [-0.39, 0.29) is 0 Å². The van der Waals surface area contributed by atoms with E-state index >= 15 is 0 Å². The van der Waals surface area contributed by atoms with Gasteiger partial charge in [-0.05, 0) is 23.8 Å². The van der Waals surface area contributed by atoms with E-state index in [1.54, 1.807) is 0 Å². The van der Waals surface area contributed by atoms with Gasteiger partial charge in [0.1, 0.15) is 0 Å². The van der Waals surface area contributed by atoms with Gasteiger partial charge in [0, 0.05) is 6.04 Å². The molecular formula is C14H31N. The maximum absolute atomic E-state index is 3.60. The van der Waals surface area contributed by atoms with Crippen LogP contribution in [0.3, 0.4) is 0 Å². The molecule has 0 bridgehead atoms. The second kappa shape index (κ2) is 6.52. The molecule has 0 radical (unpaired) electrons. The number of nitrogens with one attached hydrogen (secondary N) is 1. The fourth-order valence-electron chi connectivity index (χ4n) is 2.40. The second-order valence-corrected chi connectivity index (χ2v) is 6.11. The molecule has 1 heteroatoms. The first-order valence-electron chi connectivity index (χ1n) is 6.56. The van der Waals surface area contributed by atoms with Gasteiger partial charge < -0.3 is 5.32 Å². The summed E-state index contributed by atoms with van der Waals surface area (Å²) in [7, 11) is 0. The van der Waals surface area contributed by atoms with E-state index < -0.39 is 0 Å². The van der Waals surface area contributed by atoms with Gasteiger partial charge in [-0.3, -0.25) is 0 Å². The van der Waals surface area contributed by atoms with Gasteiger partial charge in [0.05, 0.1) is 0 Å². The Labute approximate surface area is 97.0 Å². The molecule has 0 saturated heterocycles. The molecule has 0 aromatic carbocycles. The Morgan fingerprint density at radius 1 is 1.00 bits per heavy atom. The summed E-state index contributed by atoms with van der Waals surface area (Å²) in [5.41, 5.74) is 0.415. The minimum atomic E-state index is 0.415. The van der Waals surface area contributed by atoms with E-state index in [1.807, 2.05) is 0 Å². The lowest BCUT2D eigenvalue weighted by Gasteiger charge is -2.37. The topological polar surface area (TPSA) is 12.0 Å². The molecule has 0 aliphatic heterocycles. The van der Waals surface area contributed by atoms with Gasteiger partial charge in [-0.1, -0.05) is 61.3 Å². The molecule has 0 saturated carbocycles. The van der Waals surface area contributed by atoms with Crippen LogP contribution in [0.4, 0.5) is 0 Å². The van der Waals surface area contributed by atoms with Crippen molar-refractivity contribution in [1.82, 2.24) is 5.32 Å². The predicted octanol–water partition coefficient (Wildman–Crippen LogP) is 4.08. The Bertz CT molecular complexity index is 151. The average molecular weight is 213 g/mol. The van der Waals surface area contributed by atoms with E-state index in [1.165, 1.54) is 12.8 Å². The maximum Gasteiger partial charge on any atom is 0.00104 e. The van der Waals surface area contributed by atoms with E-state index in [0.717, 1.165) is 18.4 Å². The summed E-state index contributed by atoms with van der Waals surface area (Å²) in [6, 6.07) is 0.601. The summed E-state index contributed by atoms with van der Waals surface area (Å²) in [5, 5.41) is 3.60. The average Bonchev–Trinajstić information content (AvgIpc) is 2.09. The van der Waals surface area contributed by atoms with Crippen molar-refractivity contribution in [2.45, 2.75) is 67.3 Å². The van der Waals surface area contributed by atoms with Gasteiger partial charge in [0.25, 0.3) is 0 Å². The van der Waals surface area contributed by atoms with Crippen molar-refractivity contribution in [2.24, 2.45) is 17.3 Å². The lowest BCUT2D eigenvalue weighted by atomic mass is 9.71. The Kier molecular flexibility index (Phi) is 6.51. The highest BCUT2D eigenvalue weighted by Crippen LogP contribution is 2.35. The molecule has 0 aromatic heterocycles. The molecule has 15 heavy (non-hydrogen) atoms. The minimum Gasteiger partial charge on any atom is -0.314 e. The van der Waals surface area contributed by atoms with Gasteiger partial charge in [-0.25, -0.2) is 0 Å². The standard InChI is InChI=1S/C14H31N/c1-8-12(9-2)13(14(5,6)7)10-15-11(3)4/h11-13,15H,8-10H2,1-7H3. The summed E-state index contributed by atoms with van der Waals surface area (Å²) in [6.45, 7) is 17.4. The van der Waals surface area contributed by atoms with Crippen molar-refractivity contribution in [2.75, 3.05) is 6.54 Å². The molecule has 92 valence electrons. The first kappa shape index (κ1) is 15.0. The summed E-state index contributed by atoms with van der Waals surface area (Å²) in [4.78, 5) is 0. The third-order valence-electron chi connectivity index (χ3n) is 3.48. The van der Waals surface area contributed by atoms with Crippen LogP contribution >= 0.6 is 0 Å². The molecule has 0 spiro atoms. The van der Waals surface area contributed by atoms with Crippen molar-refractivity contribution in [3.05, 3.63) is 0 Å². The Hall–Kier alpha value is -0.0400. The zero-order chi connectivity index (χ0) is 12.1. The molecule has 0 aromatic rings. The van der Waals surface area contributed by atoms with Crippen LogP contribution in [0.2, 0.25) is 0 Å². The molecule has 1 N–H and O–H groups in total. The third-order valence-corrected chi connectivity index (χ3v) is 3.48. The van der Waals surface area contributed by atoms with Gasteiger partial charge in [-0.15, -0.1) is 0 Å². The van der Waals surface area contributed by atoms with Gasteiger partial charge >= 0.3 is 0 Å². The number of rotatable bonds is 6. The SMILES string of the molecule is CCC(CC)C(CNC(C)C)C(C)(C)C. The Morgan fingerprint density at radius 3 is 1.73 bits per heavy atom. The van der Waals surface area contributed by atoms with E-state index in [2.05, 4.69) is 53.8 Å². The highest BCUT2D eigenvalue weighted by Gasteiger charge is 2.29. The molecule has 1 unspecified atom stereocenters. The Balaban J connectivity index is 4.43. The fraction of sp³-hybridized carbons (Fsp3) is 1.00. The summed E-state index contributed by atoms with van der Waals surface area (Å²) in [6.07, 6.45) is 2.61. The van der Waals surface area contributed by atoms with Crippen molar-refractivity contribution in [3.8, 4) is 0 Å². The van der Waals surface area contributed by atoms with Gasteiger partial charge in [0.2, 0.25) is 0 Å². The largest absolute Gasteiger partial charge is 0.314 e. The first-order chi connectivity index (χ1) is 6.82. The molecule has 0 fully saturated rings. The third kappa shape index (κ3) is 5.55. The van der Waals surface area contributed by atoms with E-state index in [9.17, 15) is 0 Å². The molecule has 0 rings (SSSR count). The van der Waals surface area contributed by atoms with Crippen molar-refractivity contribution < 1.29 is 0 Å². The van der Waals surface area contributed by atoms with Crippen LogP contribution in [0.25, 0.3) is 0 Å². The van der Waals surface area contributed by atoms with Crippen LogP contribution in [0.5, 0.6) is 0 Å². The van der Waals surface area contributed by atoms with Crippen molar-refractivity contribution >= 4 is 0 Å². The summed E-state index contributed by atoms with van der Waals surface area (Å²) in [5.74, 6) is 1.64. The highest BCUT2D eigenvalue weighted by atomic mass is 14.9. The van der Waals surface area contributed by atoms with Crippen LogP contribution in [-0.2, 0) is 0 Å². The first-order valence-corrected chi connectivity index (χ1v) is 6.56. The second-order valence-electron chi connectivity index (χ2n) is 6.11. The van der Waals surface area contributed by atoms with Crippen LogP contribution < -0.4 is 5.32 Å². The molecule has 0 aliphatic carbocycles. The Morgan fingerprint density at radius 2 is 1.47 bits per heavy atom. The zero-order valence-corrected chi connectivity index (χ0v) is 11.9. The maximum atomic E-state index is 3.60. The smallest absolute Gasteiger partial charge is 0.00104 e. The van der Waals surface area contributed by atoms with E-state index in [4.69, 9.17) is 0 Å². The summed E-state index contributed by atoms with van der Waals surface area (Å²) < 4.78 is 0. The van der Waals surface area contributed by atoms with Gasteiger partial charge in [-0.2, -0.15) is 0 Å². The molecular weight excluding hydrogens is 182 g/mol. The monoisotopic (exact) mass is 213 g/mol. The van der Waals surface area contributed by atoms with Crippen LogP contribution in [0.15, 0.2) is 0 Å². The number of hydrogen-bond acceptors (Lipinski definition) is 1. The normalized spacial score (nSPS) is 15.0. The lowest BCUT2D eigenvalue weighted by molar-refractivity contribution is 0.143. The molecule has 1 atom stereocenters. The zero-order valence-electron chi connectivity index (χ0n) is 11.9. The fourth-order valence-corrected chi connectivity index (χ4v) is 2.40. The quantitative estimate of drug-likeness (QED) is 0.701. The van der Waals surface area contributed by atoms with E-state index in [0.29, 0.717) is 11.5 Å². The van der Waals surface area contributed by atoms with Crippen LogP contribution in [0.1, 0.15) is 61.3 Å². The molecule has 1 nitrogen and oxygen atoms in total. The van der Waals surface area contributed by atoms with Gasteiger partial charge in [0.15, 0.2) is 0 Å². The highest BCUT2D eigenvalue weighted by molar-refractivity contribution is 4.81. The number of hydrogen-bond donors (Lipinski definition) is 1. The molecule has 0 heterocycles. The van der Waals surface area contributed by atoms with Crippen LogP contribution in [0, 0.1) is 17.3 Å². The molecule has 0 amide bonds. The molecule has 0 aliphatic rings. The van der Waals surface area contributed by atoms with Crippen molar-refractivity contribution in [1.29, 1.82) is 0 Å². The predicted molar refractivity (Wildman–Crippen MR) is 70.2 cm³/mol.